The number of nitrogens with two attached hydrogens (primary N) is 1. The average molecular weight is 308 g/mol. The molecule has 1 aliphatic carbocycles. The number of hydrogen-bond acceptors (Lipinski definition) is 5. The van der Waals surface area contributed by atoms with Crippen LogP contribution < -0.4 is 16.0 Å². The summed E-state index contributed by atoms with van der Waals surface area (Å²) in [5, 5.41) is 4.04. The highest BCUT2D eigenvalue weighted by Gasteiger charge is 2.32. The van der Waals surface area contributed by atoms with E-state index in [1.54, 1.807) is 0 Å². The number of amides is 1. The molecule has 2 aliphatic rings. The third-order valence-electron chi connectivity index (χ3n) is 5.01. The third kappa shape index (κ3) is 2.86. The Hall–Kier alpha value is -1.30. The summed E-state index contributed by atoms with van der Waals surface area (Å²) in [4.78, 5) is 19.6. The van der Waals surface area contributed by atoms with E-state index in [0.717, 1.165) is 24.6 Å². The molecule has 1 aromatic rings. The number of thiazole rings is 1. The lowest BCUT2D eigenvalue weighted by molar-refractivity contribution is 0.0932. The van der Waals surface area contributed by atoms with Gasteiger partial charge in [-0.15, -0.1) is 0 Å². The van der Waals surface area contributed by atoms with E-state index in [-0.39, 0.29) is 11.9 Å². The van der Waals surface area contributed by atoms with Gasteiger partial charge in [0.1, 0.15) is 10.7 Å². The van der Waals surface area contributed by atoms with Crippen LogP contribution >= 0.6 is 11.3 Å². The van der Waals surface area contributed by atoms with Gasteiger partial charge in [0.05, 0.1) is 0 Å². The number of carbonyl (C=O) groups excluding carboxylic acids is 1. The molecule has 3 rings (SSSR count). The fourth-order valence-corrected chi connectivity index (χ4v) is 4.27. The fraction of sp³-hybridized carbons (Fsp3) is 0.733. The van der Waals surface area contributed by atoms with E-state index in [1.165, 1.54) is 30.6 Å². The molecule has 0 radical (unpaired) electrons. The maximum atomic E-state index is 12.5. The second-order valence-corrected chi connectivity index (χ2v) is 7.38. The molecule has 1 saturated heterocycles. The van der Waals surface area contributed by atoms with Crippen molar-refractivity contribution in [2.24, 2.45) is 11.8 Å². The van der Waals surface area contributed by atoms with Crippen molar-refractivity contribution >= 4 is 28.2 Å². The van der Waals surface area contributed by atoms with E-state index < -0.39 is 0 Å². The van der Waals surface area contributed by atoms with Crippen molar-refractivity contribution < 1.29 is 4.79 Å². The minimum Gasteiger partial charge on any atom is -0.382 e. The molecule has 116 valence electrons. The van der Waals surface area contributed by atoms with Gasteiger partial charge < -0.3 is 16.0 Å². The van der Waals surface area contributed by atoms with Crippen LogP contribution in [0.25, 0.3) is 0 Å². The van der Waals surface area contributed by atoms with Crippen LogP contribution in [0.5, 0.6) is 0 Å². The number of rotatable bonds is 3. The number of nitrogens with one attached hydrogen (secondary N) is 1. The lowest BCUT2D eigenvalue weighted by atomic mass is 9.98. The highest BCUT2D eigenvalue weighted by Crippen LogP contribution is 2.33. The molecule has 3 N–H and O–H groups in total. The molecule has 2 heterocycles. The molecule has 1 amide bonds. The Kier molecular flexibility index (Phi) is 4.06. The molecule has 5 nitrogen and oxygen atoms in total. The normalized spacial score (nSPS) is 29.0. The summed E-state index contributed by atoms with van der Waals surface area (Å²) in [6, 6.07) is 0.268. The monoisotopic (exact) mass is 308 g/mol. The minimum absolute atomic E-state index is 0.0543. The smallest absolute Gasteiger partial charge is 0.265 e. The van der Waals surface area contributed by atoms with Crippen molar-refractivity contribution in [1.82, 2.24) is 10.3 Å². The number of nitrogen functional groups attached to an aromatic ring is 1. The van der Waals surface area contributed by atoms with E-state index in [0.29, 0.717) is 22.5 Å². The quantitative estimate of drug-likeness (QED) is 0.900. The molecule has 21 heavy (non-hydrogen) atoms. The van der Waals surface area contributed by atoms with E-state index in [1.807, 2.05) is 0 Å². The summed E-state index contributed by atoms with van der Waals surface area (Å²) < 4.78 is 0. The van der Waals surface area contributed by atoms with Crippen molar-refractivity contribution in [3.05, 3.63) is 4.88 Å². The summed E-state index contributed by atoms with van der Waals surface area (Å²) >= 11 is 1.43. The van der Waals surface area contributed by atoms with E-state index in [2.05, 4.69) is 29.0 Å². The summed E-state index contributed by atoms with van der Waals surface area (Å²) in [6.07, 6.45) is 4.63. The van der Waals surface area contributed by atoms with Gasteiger partial charge >= 0.3 is 0 Å². The fourth-order valence-electron chi connectivity index (χ4n) is 3.33. The van der Waals surface area contributed by atoms with Crippen molar-refractivity contribution in [2.75, 3.05) is 23.7 Å². The van der Waals surface area contributed by atoms with Gasteiger partial charge in [-0.2, -0.15) is 0 Å². The molecule has 3 atom stereocenters. The van der Waals surface area contributed by atoms with Gasteiger partial charge in [0, 0.05) is 19.1 Å². The number of carbonyl (C=O) groups is 1. The molecule has 0 spiro atoms. The molecule has 2 fully saturated rings. The Balaban J connectivity index is 1.69. The molecule has 1 aromatic heterocycles. The first-order valence-corrected chi connectivity index (χ1v) is 8.70. The van der Waals surface area contributed by atoms with E-state index in [4.69, 9.17) is 5.73 Å². The predicted molar refractivity (Wildman–Crippen MR) is 86.8 cm³/mol. The van der Waals surface area contributed by atoms with Crippen molar-refractivity contribution in [3.8, 4) is 0 Å². The Labute approximate surface area is 129 Å². The number of aromatic nitrogens is 1. The van der Waals surface area contributed by atoms with Gasteiger partial charge in [-0.25, -0.2) is 4.98 Å². The standard InChI is InChI=1S/C15H24N4OS/c1-9-5-6-11(10(9)2)17-14(20)12-13(16)18-15(21-12)19-7-3-4-8-19/h9-11H,3-8,16H2,1-2H3,(H,17,20). The van der Waals surface area contributed by atoms with Crippen LogP contribution in [0.4, 0.5) is 10.9 Å². The first-order valence-electron chi connectivity index (χ1n) is 7.88. The predicted octanol–water partition coefficient (Wildman–Crippen LogP) is 2.49. The Morgan fingerprint density at radius 2 is 2.05 bits per heavy atom. The van der Waals surface area contributed by atoms with Gasteiger partial charge in [0.15, 0.2) is 5.13 Å². The van der Waals surface area contributed by atoms with Crippen LogP contribution in [-0.2, 0) is 0 Å². The highest BCUT2D eigenvalue weighted by atomic mass is 32.1. The second kappa shape index (κ2) is 5.83. The zero-order valence-corrected chi connectivity index (χ0v) is 13.6. The van der Waals surface area contributed by atoms with Gasteiger partial charge in [0.2, 0.25) is 0 Å². The van der Waals surface area contributed by atoms with Gasteiger partial charge in [-0.3, -0.25) is 4.79 Å². The lowest BCUT2D eigenvalue weighted by Crippen LogP contribution is -2.37. The Morgan fingerprint density at radius 3 is 2.67 bits per heavy atom. The summed E-state index contributed by atoms with van der Waals surface area (Å²) in [5.41, 5.74) is 5.96. The highest BCUT2D eigenvalue weighted by molar-refractivity contribution is 7.18. The zero-order valence-electron chi connectivity index (χ0n) is 12.8. The van der Waals surface area contributed by atoms with Crippen LogP contribution in [0.1, 0.15) is 49.2 Å². The van der Waals surface area contributed by atoms with Gasteiger partial charge in [0.25, 0.3) is 5.91 Å². The molecule has 0 aromatic carbocycles. The van der Waals surface area contributed by atoms with Crippen LogP contribution in [0.3, 0.4) is 0 Å². The zero-order chi connectivity index (χ0) is 15.0. The third-order valence-corrected chi connectivity index (χ3v) is 6.14. The Bertz CT molecular complexity index is 524. The molecular weight excluding hydrogens is 284 g/mol. The topological polar surface area (TPSA) is 71.2 Å². The van der Waals surface area contributed by atoms with Crippen molar-refractivity contribution in [3.63, 3.8) is 0 Å². The summed E-state index contributed by atoms with van der Waals surface area (Å²) in [5.74, 6) is 1.52. The van der Waals surface area contributed by atoms with Crippen molar-refractivity contribution in [2.45, 2.75) is 45.6 Å². The lowest BCUT2D eigenvalue weighted by Gasteiger charge is -2.19. The minimum atomic E-state index is -0.0543. The van der Waals surface area contributed by atoms with Crippen molar-refractivity contribution in [1.29, 1.82) is 0 Å². The molecule has 1 saturated carbocycles. The Morgan fingerprint density at radius 1 is 1.33 bits per heavy atom. The van der Waals surface area contributed by atoms with Crippen LogP contribution in [0.15, 0.2) is 0 Å². The van der Waals surface area contributed by atoms with Crippen LogP contribution in [0.2, 0.25) is 0 Å². The molecule has 1 aliphatic heterocycles. The SMILES string of the molecule is CC1CCC(NC(=O)c2sc(N3CCCC3)nc2N)C1C. The molecule has 6 heteroatoms. The first kappa shape index (κ1) is 14.6. The van der Waals surface area contributed by atoms with E-state index in [9.17, 15) is 4.79 Å². The van der Waals surface area contributed by atoms with Crippen LogP contribution in [0, 0.1) is 11.8 Å². The number of nitrogens with zero attached hydrogens (tertiary/aromatic N) is 2. The molecule has 3 unspecified atom stereocenters. The summed E-state index contributed by atoms with van der Waals surface area (Å²) in [6.45, 7) is 6.51. The molecular formula is C15H24N4OS. The largest absolute Gasteiger partial charge is 0.382 e. The van der Waals surface area contributed by atoms with E-state index >= 15 is 0 Å². The first-order chi connectivity index (χ1) is 10.1. The molecule has 0 bridgehead atoms. The van der Waals surface area contributed by atoms with Gasteiger partial charge in [-0.05, 0) is 37.5 Å². The summed E-state index contributed by atoms with van der Waals surface area (Å²) in [7, 11) is 0. The maximum absolute atomic E-state index is 12.5. The average Bonchev–Trinajstić information content (AvgIpc) is 3.15. The van der Waals surface area contributed by atoms with Gasteiger partial charge in [-0.1, -0.05) is 25.2 Å². The number of hydrogen-bond donors (Lipinski definition) is 2. The maximum Gasteiger partial charge on any atom is 0.265 e. The second-order valence-electron chi connectivity index (χ2n) is 6.40. The number of anilines is 2. The van der Waals surface area contributed by atoms with Crippen LogP contribution in [-0.4, -0.2) is 30.0 Å².